The van der Waals surface area contributed by atoms with Crippen molar-refractivity contribution in [3.05, 3.63) is 25.3 Å². The van der Waals surface area contributed by atoms with Gasteiger partial charge in [-0.05, 0) is 5.92 Å². The van der Waals surface area contributed by atoms with Crippen LogP contribution in [-0.2, 0) is 0 Å². The van der Waals surface area contributed by atoms with Crippen molar-refractivity contribution in [1.29, 1.82) is 0 Å². The third-order valence-corrected chi connectivity index (χ3v) is 2.43. The Bertz CT molecular complexity index is 237. The van der Waals surface area contributed by atoms with E-state index in [1.54, 1.807) is 0 Å². The van der Waals surface area contributed by atoms with E-state index in [-0.39, 0.29) is 29.9 Å². The van der Waals surface area contributed by atoms with Crippen molar-refractivity contribution in [2.24, 2.45) is 22.4 Å². The van der Waals surface area contributed by atoms with E-state index in [0.29, 0.717) is 18.5 Å². The number of guanidine groups is 1. The van der Waals surface area contributed by atoms with Gasteiger partial charge in [0.25, 0.3) is 0 Å². The number of hydrogen-bond acceptors (Lipinski definition) is 2. The molecule has 0 saturated heterocycles. The van der Waals surface area contributed by atoms with Gasteiger partial charge in [-0.1, -0.05) is 26.0 Å². The summed E-state index contributed by atoms with van der Waals surface area (Å²) in [5.74, 6) is 0.616. The first-order valence-corrected chi connectivity index (χ1v) is 5.54. The van der Waals surface area contributed by atoms with Gasteiger partial charge < -0.3 is 11.5 Å². The summed E-state index contributed by atoms with van der Waals surface area (Å²) < 4.78 is 0. The van der Waals surface area contributed by atoms with Gasteiger partial charge in [-0.2, -0.15) is 0 Å². The number of halogens is 1. The molecule has 1 atom stereocenters. The Morgan fingerprint density at radius 2 is 1.71 bits per heavy atom. The smallest absolute Gasteiger partial charge is 0.185 e. The highest BCUT2D eigenvalue weighted by Gasteiger charge is 2.19. The fourth-order valence-corrected chi connectivity index (χ4v) is 1.62. The zero-order valence-electron chi connectivity index (χ0n) is 10.8. The number of nitrogens with zero attached hydrogens (tertiary/aromatic N) is 2. The van der Waals surface area contributed by atoms with Gasteiger partial charge in [0, 0.05) is 19.1 Å². The van der Waals surface area contributed by atoms with E-state index in [0.717, 1.165) is 13.1 Å². The fourth-order valence-electron chi connectivity index (χ4n) is 1.62. The molecule has 0 saturated carbocycles. The third kappa shape index (κ3) is 8.20. The number of hydrogen-bond donors (Lipinski definition) is 2. The Kier molecular flexibility index (Phi) is 11.7. The molecule has 0 aliphatic rings. The largest absolute Gasteiger partial charge is 0.370 e. The predicted molar refractivity (Wildman–Crippen MR) is 86.7 cm³/mol. The van der Waals surface area contributed by atoms with Crippen LogP contribution in [0.15, 0.2) is 30.3 Å². The first kappa shape index (κ1) is 18.8. The van der Waals surface area contributed by atoms with Crippen molar-refractivity contribution in [1.82, 2.24) is 4.90 Å². The lowest BCUT2D eigenvalue weighted by Crippen LogP contribution is -2.42. The van der Waals surface area contributed by atoms with Crippen LogP contribution in [0.25, 0.3) is 0 Å². The molecule has 4 nitrogen and oxygen atoms in total. The van der Waals surface area contributed by atoms with E-state index in [4.69, 9.17) is 11.5 Å². The lowest BCUT2D eigenvalue weighted by Gasteiger charge is -2.31. The van der Waals surface area contributed by atoms with Gasteiger partial charge in [-0.25, -0.2) is 0 Å². The molecule has 0 aromatic rings. The number of aliphatic imine (C=N–C) groups is 1. The van der Waals surface area contributed by atoms with E-state index < -0.39 is 0 Å². The molecule has 0 heterocycles. The Labute approximate surface area is 122 Å². The lowest BCUT2D eigenvalue weighted by atomic mass is 10.0. The van der Waals surface area contributed by atoms with Gasteiger partial charge in [0.05, 0.1) is 6.54 Å². The standard InChI is InChI=1S/C12H24N4.HI/c1-5-7-16(8-6-2)11(10(3)4)9-15-12(13)14;/h5-6,10-11H,1-2,7-9H2,3-4H3,(H4,13,14,15);1H. The van der Waals surface area contributed by atoms with Crippen molar-refractivity contribution < 1.29 is 0 Å². The fraction of sp³-hybridized carbons (Fsp3) is 0.583. The second-order valence-electron chi connectivity index (χ2n) is 4.11. The van der Waals surface area contributed by atoms with Crippen LogP contribution in [0.5, 0.6) is 0 Å². The molecular formula is C12H25IN4. The van der Waals surface area contributed by atoms with Crippen LogP contribution in [0, 0.1) is 5.92 Å². The van der Waals surface area contributed by atoms with Crippen LogP contribution < -0.4 is 11.5 Å². The maximum atomic E-state index is 5.36. The first-order valence-electron chi connectivity index (χ1n) is 5.54. The van der Waals surface area contributed by atoms with Gasteiger partial charge in [-0.3, -0.25) is 9.89 Å². The molecule has 0 aromatic heterocycles. The molecule has 1 unspecified atom stereocenters. The maximum Gasteiger partial charge on any atom is 0.185 e. The summed E-state index contributed by atoms with van der Waals surface area (Å²) in [5.41, 5.74) is 10.7. The van der Waals surface area contributed by atoms with E-state index in [1.807, 2.05) is 12.2 Å². The van der Waals surface area contributed by atoms with Crippen LogP contribution in [-0.4, -0.2) is 36.5 Å². The lowest BCUT2D eigenvalue weighted by molar-refractivity contribution is 0.196. The average Bonchev–Trinajstić information content (AvgIpc) is 2.17. The molecule has 0 aromatic carbocycles. The van der Waals surface area contributed by atoms with Crippen LogP contribution in [0.2, 0.25) is 0 Å². The molecule has 0 bridgehead atoms. The first-order chi connectivity index (χ1) is 7.52. The van der Waals surface area contributed by atoms with E-state index in [9.17, 15) is 0 Å². The Morgan fingerprint density at radius 1 is 1.24 bits per heavy atom. The molecule has 0 rings (SSSR count). The molecule has 0 radical (unpaired) electrons. The monoisotopic (exact) mass is 352 g/mol. The van der Waals surface area contributed by atoms with E-state index in [2.05, 4.69) is 36.9 Å². The molecule has 17 heavy (non-hydrogen) atoms. The second kappa shape index (κ2) is 10.6. The topological polar surface area (TPSA) is 67.6 Å². The summed E-state index contributed by atoms with van der Waals surface area (Å²) in [4.78, 5) is 6.35. The van der Waals surface area contributed by atoms with Crippen LogP contribution in [0.1, 0.15) is 13.8 Å². The summed E-state index contributed by atoms with van der Waals surface area (Å²) in [6, 6.07) is 0.304. The average molecular weight is 352 g/mol. The van der Waals surface area contributed by atoms with E-state index >= 15 is 0 Å². The molecule has 4 N–H and O–H groups in total. The van der Waals surface area contributed by atoms with Crippen LogP contribution in [0.3, 0.4) is 0 Å². The molecule has 0 fully saturated rings. The molecule has 5 heteroatoms. The molecule has 0 amide bonds. The van der Waals surface area contributed by atoms with Crippen LogP contribution in [0.4, 0.5) is 0 Å². The SMILES string of the molecule is C=CCN(CC=C)C(CN=C(N)N)C(C)C.I. The second-order valence-corrected chi connectivity index (χ2v) is 4.11. The van der Waals surface area contributed by atoms with Gasteiger partial charge in [-0.15, -0.1) is 37.1 Å². The summed E-state index contributed by atoms with van der Waals surface area (Å²) in [6.07, 6.45) is 3.77. The Hall–Kier alpha value is -0.560. The van der Waals surface area contributed by atoms with Crippen molar-refractivity contribution in [2.45, 2.75) is 19.9 Å². The van der Waals surface area contributed by atoms with Crippen LogP contribution >= 0.6 is 24.0 Å². The molecule has 0 aliphatic carbocycles. The minimum Gasteiger partial charge on any atom is -0.370 e. The van der Waals surface area contributed by atoms with Crippen molar-refractivity contribution >= 4 is 29.9 Å². The zero-order chi connectivity index (χ0) is 12.6. The summed E-state index contributed by atoms with van der Waals surface area (Å²) >= 11 is 0. The highest BCUT2D eigenvalue weighted by Crippen LogP contribution is 2.11. The summed E-state index contributed by atoms with van der Waals surface area (Å²) in [5, 5.41) is 0. The number of rotatable bonds is 8. The van der Waals surface area contributed by atoms with Crippen molar-refractivity contribution in [3.63, 3.8) is 0 Å². The number of nitrogens with two attached hydrogens (primary N) is 2. The minimum absolute atomic E-state index is 0. The molecular weight excluding hydrogens is 327 g/mol. The highest BCUT2D eigenvalue weighted by molar-refractivity contribution is 14.0. The maximum absolute atomic E-state index is 5.36. The predicted octanol–water partition coefficient (Wildman–Crippen LogP) is 1.58. The molecule has 0 spiro atoms. The van der Waals surface area contributed by atoms with Gasteiger partial charge >= 0.3 is 0 Å². The van der Waals surface area contributed by atoms with Gasteiger partial charge in [0.2, 0.25) is 0 Å². The zero-order valence-corrected chi connectivity index (χ0v) is 13.1. The van der Waals surface area contributed by atoms with Crippen molar-refractivity contribution in [2.75, 3.05) is 19.6 Å². The minimum atomic E-state index is 0. The Morgan fingerprint density at radius 3 is 2.00 bits per heavy atom. The van der Waals surface area contributed by atoms with Gasteiger partial charge in [0.1, 0.15) is 0 Å². The van der Waals surface area contributed by atoms with E-state index in [1.165, 1.54) is 0 Å². The molecule has 100 valence electrons. The third-order valence-electron chi connectivity index (χ3n) is 2.43. The quantitative estimate of drug-likeness (QED) is 0.302. The Balaban J connectivity index is 0. The summed E-state index contributed by atoms with van der Waals surface area (Å²) in [6.45, 7) is 14.1. The molecule has 0 aliphatic heterocycles. The van der Waals surface area contributed by atoms with Crippen molar-refractivity contribution in [3.8, 4) is 0 Å². The van der Waals surface area contributed by atoms with Gasteiger partial charge in [0.15, 0.2) is 5.96 Å². The highest BCUT2D eigenvalue weighted by atomic mass is 127. The normalized spacial score (nSPS) is 11.8. The summed E-state index contributed by atoms with van der Waals surface area (Å²) in [7, 11) is 0.